The summed E-state index contributed by atoms with van der Waals surface area (Å²) in [5.41, 5.74) is 1.18. The lowest BCUT2D eigenvalue weighted by atomic mass is 10.2. The Balaban J connectivity index is 2.16. The maximum atomic E-state index is 13.4. The van der Waals surface area contributed by atoms with E-state index in [1.807, 2.05) is 7.05 Å². The van der Waals surface area contributed by atoms with Gasteiger partial charge < -0.3 is 9.88 Å². The molecule has 0 spiro atoms. The minimum absolute atomic E-state index is 0.278. The zero-order chi connectivity index (χ0) is 12.3. The van der Waals surface area contributed by atoms with Crippen molar-refractivity contribution in [3.05, 3.63) is 53.6 Å². The van der Waals surface area contributed by atoms with Crippen LogP contribution in [-0.2, 0) is 13.1 Å². The Morgan fingerprint density at radius 2 is 2.18 bits per heavy atom. The number of imidazole rings is 1. The van der Waals surface area contributed by atoms with Gasteiger partial charge in [0.1, 0.15) is 11.6 Å². The number of nitrogens with one attached hydrogen (secondary N) is 1. The molecule has 1 aromatic carbocycles. The third-order valence-corrected chi connectivity index (χ3v) is 2.41. The van der Waals surface area contributed by atoms with E-state index in [4.69, 9.17) is 0 Å². The molecule has 2 aromatic rings. The van der Waals surface area contributed by atoms with Gasteiger partial charge in [-0.05, 0) is 25.2 Å². The number of aromatic nitrogens is 2. The number of halogens is 2. The summed E-state index contributed by atoms with van der Waals surface area (Å²) in [5, 5.41) is 2.97. The SMILES string of the molecule is CNCc1cn(Cc2cc(F)ccc2F)cn1. The second-order valence-corrected chi connectivity index (χ2v) is 3.80. The normalized spacial score (nSPS) is 10.8. The van der Waals surface area contributed by atoms with Crippen molar-refractivity contribution >= 4 is 0 Å². The predicted octanol–water partition coefficient (Wildman–Crippen LogP) is 1.93. The van der Waals surface area contributed by atoms with Crippen molar-refractivity contribution in [3.8, 4) is 0 Å². The Hall–Kier alpha value is -1.75. The predicted molar refractivity (Wildman–Crippen MR) is 60.5 cm³/mol. The first-order valence-corrected chi connectivity index (χ1v) is 5.28. The molecule has 17 heavy (non-hydrogen) atoms. The largest absolute Gasteiger partial charge is 0.333 e. The molecule has 0 aliphatic carbocycles. The van der Waals surface area contributed by atoms with E-state index in [2.05, 4.69) is 10.3 Å². The van der Waals surface area contributed by atoms with Crippen LogP contribution < -0.4 is 5.32 Å². The van der Waals surface area contributed by atoms with E-state index in [1.54, 1.807) is 17.1 Å². The molecule has 0 fully saturated rings. The highest BCUT2D eigenvalue weighted by Gasteiger charge is 2.05. The van der Waals surface area contributed by atoms with Crippen molar-refractivity contribution < 1.29 is 8.78 Å². The lowest BCUT2D eigenvalue weighted by Gasteiger charge is -2.04. The van der Waals surface area contributed by atoms with Gasteiger partial charge in [0.2, 0.25) is 0 Å². The van der Waals surface area contributed by atoms with Crippen LogP contribution in [0.25, 0.3) is 0 Å². The number of rotatable bonds is 4. The summed E-state index contributed by atoms with van der Waals surface area (Å²) in [5.74, 6) is -0.841. The van der Waals surface area contributed by atoms with Crippen LogP contribution in [0.15, 0.2) is 30.7 Å². The van der Waals surface area contributed by atoms with Gasteiger partial charge in [0, 0.05) is 18.3 Å². The van der Waals surface area contributed by atoms with Crippen molar-refractivity contribution in [1.82, 2.24) is 14.9 Å². The highest BCUT2D eigenvalue weighted by molar-refractivity contribution is 5.19. The Morgan fingerprint density at radius 3 is 2.94 bits per heavy atom. The molecule has 1 N–H and O–H groups in total. The van der Waals surface area contributed by atoms with E-state index in [1.165, 1.54) is 6.07 Å². The van der Waals surface area contributed by atoms with E-state index in [0.717, 1.165) is 17.8 Å². The number of hydrogen-bond acceptors (Lipinski definition) is 2. The smallest absolute Gasteiger partial charge is 0.128 e. The minimum atomic E-state index is -0.433. The van der Waals surface area contributed by atoms with Crippen molar-refractivity contribution in [2.75, 3.05) is 7.05 Å². The summed E-state index contributed by atoms with van der Waals surface area (Å²) in [6.45, 7) is 0.930. The average molecular weight is 237 g/mol. The molecular weight excluding hydrogens is 224 g/mol. The van der Waals surface area contributed by atoms with Crippen LogP contribution in [0.2, 0.25) is 0 Å². The van der Waals surface area contributed by atoms with Crippen LogP contribution >= 0.6 is 0 Å². The second kappa shape index (κ2) is 5.05. The van der Waals surface area contributed by atoms with Gasteiger partial charge >= 0.3 is 0 Å². The highest BCUT2D eigenvalue weighted by atomic mass is 19.1. The Bertz CT molecular complexity index is 508. The van der Waals surface area contributed by atoms with E-state index < -0.39 is 11.6 Å². The summed E-state index contributed by atoms with van der Waals surface area (Å²) in [6, 6.07) is 3.45. The van der Waals surface area contributed by atoms with Crippen molar-refractivity contribution in [1.29, 1.82) is 0 Å². The van der Waals surface area contributed by atoms with Crippen LogP contribution in [0.3, 0.4) is 0 Å². The zero-order valence-electron chi connectivity index (χ0n) is 9.45. The van der Waals surface area contributed by atoms with Gasteiger partial charge in [-0.3, -0.25) is 0 Å². The zero-order valence-corrected chi connectivity index (χ0v) is 9.45. The highest BCUT2D eigenvalue weighted by Crippen LogP contribution is 2.11. The van der Waals surface area contributed by atoms with Gasteiger partial charge in [-0.1, -0.05) is 0 Å². The van der Waals surface area contributed by atoms with Crippen molar-refractivity contribution in [2.24, 2.45) is 0 Å². The third kappa shape index (κ3) is 2.88. The van der Waals surface area contributed by atoms with E-state index >= 15 is 0 Å². The molecule has 0 aliphatic rings. The Kier molecular flexibility index (Phi) is 3.49. The van der Waals surface area contributed by atoms with Crippen LogP contribution in [0, 0.1) is 11.6 Å². The lowest BCUT2D eigenvalue weighted by molar-refractivity contribution is 0.577. The summed E-state index contributed by atoms with van der Waals surface area (Å²) >= 11 is 0. The molecule has 1 heterocycles. The minimum Gasteiger partial charge on any atom is -0.333 e. The van der Waals surface area contributed by atoms with Crippen LogP contribution in [-0.4, -0.2) is 16.6 Å². The standard InChI is InChI=1S/C12H13F2N3/c1-15-5-11-7-17(8-16-11)6-9-4-10(13)2-3-12(9)14/h2-4,7-8,15H,5-6H2,1H3. The number of nitrogens with zero attached hydrogens (tertiary/aromatic N) is 2. The molecule has 90 valence electrons. The molecule has 0 saturated heterocycles. The number of benzene rings is 1. The molecule has 0 bridgehead atoms. The summed E-state index contributed by atoms with van der Waals surface area (Å²) in [7, 11) is 1.82. The van der Waals surface area contributed by atoms with Crippen LogP contribution in [0.5, 0.6) is 0 Å². The molecule has 0 aliphatic heterocycles. The maximum Gasteiger partial charge on any atom is 0.128 e. The van der Waals surface area contributed by atoms with Gasteiger partial charge in [0.15, 0.2) is 0 Å². The van der Waals surface area contributed by atoms with Crippen molar-refractivity contribution in [3.63, 3.8) is 0 Å². The Morgan fingerprint density at radius 1 is 1.35 bits per heavy atom. The molecular formula is C12H13F2N3. The molecule has 3 nitrogen and oxygen atoms in total. The number of hydrogen-bond donors (Lipinski definition) is 1. The van der Waals surface area contributed by atoms with E-state index in [-0.39, 0.29) is 6.54 Å². The first-order valence-electron chi connectivity index (χ1n) is 5.28. The second-order valence-electron chi connectivity index (χ2n) is 3.80. The van der Waals surface area contributed by atoms with Crippen LogP contribution in [0.1, 0.15) is 11.3 Å². The third-order valence-electron chi connectivity index (χ3n) is 2.41. The molecule has 0 amide bonds. The fourth-order valence-corrected chi connectivity index (χ4v) is 1.63. The average Bonchev–Trinajstić information content (AvgIpc) is 2.72. The van der Waals surface area contributed by atoms with Gasteiger partial charge in [-0.25, -0.2) is 13.8 Å². The molecule has 0 atom stereocenters. The molecule has 2 rings (SSSR count). The first kappa shape index (κ1) is 11.7. The van der Waals surface area contributed by atoms with E-state index in [9.17, 15) is 8.78 Å². The van der Waals surface area contributed by atoms with Gasteiger partial charge in [-0.15, -0.1) is 0 Å². The molecule has 0 radical (unpaired) electrons. The summed E-state index contributed by atoms with van der Waals surface area (Å²) in [6.07, 6.45) is 3.41. The van der Waals surface area contributed by atoms with Crippen LogP contribution in [0.4, 0.5) is 8.78 Å². The molecule has 5 heteroatoms. The Labute approximate surface area is 98.1 Å². The monoisotopic (exact) mass is 237 g/mol. The lowest BCUT2D eigenvalue weighted by Crippen LogP contribution is -2.05. The molecule has 0 saturated carbocycles. The van der Waals surface area contributed by atoms with Gasteiger partial charge in [-0.2, -0.15) is 0 Å². The van der Waals surface area contributed by atoms with Gasteiger partial charge in [0.05, 0.1) is 18.6 Å². The fourth-order valence-electron chi connectivity index (χ4n) is 1.63. The molecule has 0 unspecified atom stereocenters. The summed E-state index contributed by atoms with van der Waals surface area (Å²) < 4.78 is 28.1. The van der Waals surface area contributed by atoms with E-state index in [0.29, 0.717) is 12.1 Å². The summed E-state index contributed by atoms with van der Waals surface area (Å²) in [4.78, 5) is 4.14. The maximum absolute atomic E-state index is 13.4. The quantitative estimate of drug-likeness (QED) is 0.880. The molecule has 1 aromatic heterocycles. The first-order chi connectivity index (χ1) is 8.19. The fraction of sp³-hybridized carbons (Fsp3) is 0.250. The van der Waals surface area contributed by atoms with Gasteiger partial charge in [0.25, 0.3) is 0 Å². The van der Waals surface area contributed by atoms with Crippen molar-refractivity contribution in [2.45, 2.75) is 13.1 Å². The topological polar surface area (TPSA) is 29.9 Å².